The normalized spacial score (nSPS) is 20.5. The largest absolute Gasteiger partial charge is 0.358 e. The lowest BCUT2D eigenvalue weighted by molar-refractivity contribution is 0.314. The number of hydrazine groups is 1. The standard InChI is InChI=1S/C11H20N6/c1-16-5-3-4-9(16)7-17(2)11-6-10(15-12)13-8-14-11/h6,8-9H,3-5,7,12H2,1-2H3,(H,13,14,15). The van der Waals surface area contributed by atoms with Crippen LogP contribution in [0, 0.1) is 0 Å². The molecule has 6 heteroatoms. The van der Waals surface area contributed by atoms with E-state index in [4.69, 9.17) is 5.84 Å². The first-order valence-electron chi connectivity index (χ1n) is 5.90. The number of anilines is 2. The molecule has 0 amide bonds. The number of nitrogens with zero attached hydrogens (tertiary/aromatic N) is 4. The lowest BCUT2D eigenvalue weighted by atomic mass is 10.2. The van der Waals surface area contributed by atoms with E-state index in [-0.39, 0.29) is 0 Å². The molecule has 1 unspecified atom stereocenters. The summed E-state index contributed by atoms with van der Waals surface area (Å²) < 4.78 is 0. The molecule has 2 rings (SSSR count). The number of rotatable bonds is 4. The van der Waals surface area contributed by atoms with E-state index in [1.54, 1.807) is 0 Å². The third kappa shape index (κ3) is 2.83. The zero-order valence-corrected chi connectivity index (χ0v) is 10.4. The minimum Gasteiger partial charge on any atom is -0.358 e. The Morgan fingerprint density at radius 2 is 2.41 bits per heavy atom. The highest BCUT2D eigenvalue weighted by atomic mass is 15.3. The van der Waals surface area contributed by atoms with Crippen molar-refractivity contribution in [3.8, 4) is 0 Å². The van der Waals surface area contributed by atoms with Crippen LogP contribution in [0.1, 0.15) is 12.8 Å². The molecule has 2 heterocycles. The van der Waals surface area contributed by atoms with Crippen molar-refractivity contribution in [1.29, 1.82) is 0 Å². The Labute approximate surface area is 102 Å². The van der Waals surface area contributed by atoms with Gasteiger partial charge in [0, 0.05) is 25.7 Å². The van der Waals surface area contributed by atoms with Gasteiger partial charge in [0.05, 0.1) is 0 Å². The molecule has 94 valence electrons. The second kappa shape index (κ2) is 5.29. The number of nitrogen functional groups attached to an aromatic ring is 1. The Hall–Kier alpha value is -1.40. The van der Waals surface area contributed by atoms with Crippen molar-refractivity contribution in [3.63, 3.8) is 0 Å². The summed E-state index contributed by atoms with van der Waals surface area (Å²) in [6.45, 7) is 2.18. The van der Waals surface area contributed by atoms with Gasteiger partial charge < -0.3 is 15.2 Å². The number of nitrogens with two attached hydrogens (primary N) is 1. The number of nitrogens with one attached hydrogen (secondary N) is 1. The molecule has 1 fully saturated rings. The van der Waals surface area contributed by atoms with Crippen LogP contribution in [0.2, 0.25) is 0 Å². The molecule has 0 aliphatic carbocycles. The average Bonchev–Trinajstić information content (AvgIpc) is 2.75. The third-order valence-electron chi connectivity index (χ3n) is 3.35. The highest BCUT2D eigenvalue weighted by Crippen LogP contribution is 2.18. The molecule has 1 aliphatic rings. The SMILES string of the molecule is CN(CC1CCCN1C)c1cc(NN)ncn1. The van der Waals surface area contributed by atoms with E-state index in [1.807, 2.05) is 6.07 Å². The minimum absolute atomic E-state index is 0.615. The Kier molecular flexibility index (Phi) is 3.75. The summed E-state index contributed by atoms with van der Waals surface area (Å²) >= 11 is 0. The number of likely N-dealkylation sites (N-methyl/N-ethyl adjacent to an activating group) is 2. The van der Waals surface area contributed by atoms with Gasteiger partial charge in [-0.1, -0.05) is 0 Å². The fraction of sp³-hybridized carbons (Fsp3) is 0.636. The van der Waals surface area contributed by atoms with Gasteiger partial charge in [0.25, 0.3) is 0 Å². The zero-order chi connectivity index (χ0) is 12.3. The van der Waals surface area contributed by atoms with Gasteiger partial charge in [0.15, 0.2) is 0 Å². The summed E-state index contributed by atoms with van der Waals surface area (Å²) in [6.07, 6.45) is 4.07. The van der Waals surface area contributed by atoms with Gasteiger partial charge in [-0.25, -0.2) is 15.8 Å². The smallest absolute Gasteiger partial charge is 0.145 e. The van der Waals surface area contributed by atoms with Crippen molar-refractivity contribution < 1.29 is 0 Å². The highest BCUT2D eigenvalue weighted by molar-refractivity contribution is 5.47. The molecular formula is C11H20N6. The molecule has 3 N–H and O–H groups in total. The molecular weight excluding hydrogens is 216 g/mol. The highest BCUT2D eigenvalue weighted by Gasteiger charge is 2.22. The van der Waals surface area contributed by atoms with Crippen LogP contribution in [-0.2, 0) is 0 Å². The fourth-order valence-corrected chi connectivity index (χ4v) is 2.25. The van der Waals surface area contributed by atoms with Gasteiger partial charge in [0.2, 0.25) is 0 Å². The first-order valence-corrected chi connectivity index (χ1v) is 5.90. The predicted molar refractivity (Wildman–Crippen MR) is 68.8 cm³/mol. The summed E-state index contributed by atoms with van der Waals surface area (Å²) in [5.41, 5.74) is 2.54. The average molecular weight is 236 g/mol. The summed E-state index contributed by atoms with van der Waals surface area (Å²) in [7, 11) is 4.23. The van der Waals surface area contributed by atoms with Crippen molar-refractivity contribution in [2.24, 2.45) is 5.84 Å². The maximum absolute atomic E-state index is 5.34. The van der Waals surface area contributed by atoms with Crippen LogP contribution >= 0.6 is 0 Å². The first kappa shape index (κ1) is 12.1. The van der Waals surface area contributed by atoms with Gasteiger partial charge in [0.1, 0.15) is 18.0 Å². The molecule has 0 aromatic carbocycles. The number of hydrogen-bond acceptors (Lipinski definition) is 6. The molecule has 1 aliphatic heterocycles. The molecule has 0 bridgehead atoms. The number of likely N-dealkylation sites (tertiary alicyclic amines) is 1. The summed E-state index contributed by atoms with van der Waals surface area (Å²) in [5.74, 6) is 6.87. The third-order valence-corrected chi connectivity index (χ3v) is 3.35. The van der Waals surface area contributed by atoms with E-state index in [0.717, 1.165) is 12.4 Å². The topological polar surface area (TPSA) is 70.3 Å². The molecule has 1 aromatic rings. The predicted octanol–water partition coefficient (Wildman–Crippen LogP) is 0.293. The number of aromatic nitrogens is 2. The second-order valence-corrected chi connectivity index (χ2v) is 4.56. The van der Waals surface area contributed by atoms with Crippen molar-refractivity contribution in [2.45, 2.75) is 18.9 Å². The van der Waals surface area contributed by atoms with Gasteiger partial charge in [-0.15, -0.1) is 0 Å². The molecule has 1 saturated heterocycles. The molecule has 1 aromatic heterocycles. The molecule has 6 nitrogen and oxygen atoms in total. The van der Waals surface area contributed by atoms with Gasteiger partial charge >= 0.3 is 0 Å². The molecule has 0 saturated carbocycles. The fourth-order valence-electron chi connectivity index (χ4n) is 2.25. The lowest BCUT2D eigenvalue weighted by Crippen LogP contribution is -2.37. The van der Waals surface area contributed by atoms with Crippen LogP contribution in [0.25, 0.3) is 0 Å². The van der Waals surface area contributed by atoms with Gasteiger partial charge in [-0.3, -0.25) is 0 Å². The van der Waals surface area contributed by atoms with Crippen molar-refractivity contribution in [2.75, 3.05) is 37.5 Å². The molecule has 0 radical (unpaired) electrons. The van der Waals surface area contributed by atoms with E-state index in [9.17, 15) is 0 Å². The minimum atomic E-state index is 0.615. The zero-order valence-electron chi connectivity index (χ0n) is 10.4. The second-order valence-electron chi connectivity index (χ2n) is 4.56. The van der Waals surface area contributed by atoms with Crippen LogP contribution in [0.3, 0.4) is 0 Å². The van der Waals surface area contributed by atoms with Gasteiger partial charge in [-0.05, 0) is 26.4 Å². The van der Waals surface area contributed by atoms with Crippen LogP contribution in [-0.4, -0.2) is 48.1 Å². The monoisotopic (exact) mass is 236 g/mol. The van der Waals surface area contributed by atoms with Crippen molar-refractivity contribution in [3.05, 3.63) is 12.4 Å². The van der Waals surface area contributed by atoms with Crippen molar-refractivity contribution >= 4 is 11.6 Å². The van der Waals surface area contributed by atoms with Gasteiger partial charge in [-0.2, -0.15) is 0 Å². The van der Waals surface area contributed by atoms with Crippen LogP contribution in [0.15, 0.2) is 12.4 Å². The Bertz CT molecular complexity index is 369. The Morgan fingerprint density at radius 3 is 3.06 bits per heavy atom. The molecule has 1 atom stereocenters. The van der Waals surface area contributed by atoms with E-state index in [2.05, 4.69) is 39.3 Å². The van der Waals surface area contributed by atoms with Crippen molar-refractivity contribution in [1.82, 2.24) is 14.9 Å². The van der Waals surface area contributed by atoms with Crippen LogP contribution < -0.4 is 16.2 Å². The van der Waals surface area contributed by atoms with E-state index in [1.165, 1.54) is 25.7 Å². The van der Waals surface area contributed by atoms with E-state index < -0.39 is 0 Å². The van der Waals surface area contributed by atoms with Crippen LogP contribution in [0.4, 0.5) is 11.6 Å². The summed E-state index contributed by atoms with van der Waals surface area (Å²) in [6, 6.07) is 2.47. The molecule has 17 heavy (non-hydrogen) atoms. The summed E-state index contributed by atoms with van der Waals surface area (Å²) in [4.78, 5) is 12.8. The maximum Gasteiger partial charge on any atom is 0.145 e. The quantitative estimate of drug-likeness (QED) is 0.578. The maximum atomic E-state index is 5.34. The van der Waals surface area contributed by atoms with E-state index in [0.29, 0.717) is 11.9 Å². The van der Waals surface area contributed by atoms with E-state index >= 15 is 0 Å². The van der Waals surface area contributed by atoms with Crippen LogP contribution in [0.5, 0.6) is 0 Å². The number of hydrogen-bond donors (Lipinski definition) is 2. The lowest BCUT2D eigenvalue weighted by Gasteiger charge is -2.26. The Morgan fingerprint density at radius 1 is 1.59 bits per heavy atom. The first-order chi connectivity index (χ1) is 8.20. The summed E-state index contributed by atoms with van der Waals surface area (Å²) in [5, 5.41) is 0. The Balaban J connectivity index is 2.00. The molecule has 0 spiro atoms.